The Morgan fingerprint density at radius 2 is 1.70 bits per heavy atom. The van der Waals surface area contributed by atoms with Crippen molar-refractivity contribution in [3.8, 4) is 0 Å². The van der Waals surface area contributed by atoms with E-state index in [2.05, 4.69) is 20.1 Å². The number of carbonyl (C=O) groups excluding carboxylic acids is 2. The fourth-order valence-electron chi connectivity index (χ4n) is 1.14. The van der Waals surface area contributed by atoms with Crippen LogP contribution in [0.25, 0.3) is 0 Å². The van der Waals surface area contributed by atoms with E-state index in [1.54, 1.807) is 0 Å². The molecule has 0 fully saturated rings. The molecule has 0 spiro atoms. The smallest absolute Gasteiger partial charge is 0.422 e. The Morgan fingerprint density at radius 1 is 1.15 bits per heavy atom. The van der Waals surface area contributed by atoms with Gasteiger partial charge in [0.15, 0.2) is 6.61 Å². The Hall–Kier alpha value is -2.45. The van der Waals surface area contributed by atoms with Gasteiger partial charge < -0.3 is 9.47 Å². The first kappa shape index (κ1) is 15.6. The van der Waals surface area contributed by atoms with E-state index in [4.69, 9.17) is 0 Å². The number of benzene rings is 1. The van der Waals surface area contributed by atoms with Gasteiger partial charge in [0.2, 0.25) is 0 Å². The normalized spacial score (nSPS) is 10.6. The van der Waals surface area contributed by atoms with Crippen LogP contribution in [0.15, 0.2) is 24.3 Å². The van der Waals surface area contributed by atoms with Crippen molar-refractivity contribution in [1.82, 2.24) is 0 Å². The molecule has 9 heteroatoms. The van der Waals surface area contributed by atoms with Gasteiger partial charge in [-0.25, -0.2) is 9.59 Å². The Bertz CT molecular complexity index is 491. The molecule has 0 atom stereocenters. The molecule has 1 rings (SSSR count). The van der Waals surface area contributed by atoms with Gasteiger partial charge in [0.1, 0.15) is 0 Å². The van der Waals surface area contributed by atoms with E-state index in [1.165, 1.54) is 31.4 Å². The number of alkyl halides is 3. The van der Waals surface area contributed by atoms with E-state index in [1.807, 2.05) is 0 Å². The highest BCUT2D eigenvalue weighted by molar-refractivity contribution is 5.88. The molecule has 0 saturated heterocycles. The molecule has 0 saturated carbocycles. The molecule has 20 heavy (non-hydrogen) atoms. The standard InChI is InChI=1S/C11H11F3N2O4/c1-19-9(17)15-7-3-2-4-8(5-7)16-10(18)20-6-11(12,13)14/h2-5H,6H2,1H3,(H,15,17)(H,16,18). The van der Waals surface area contributed by atoms with E-state index in [9.17, 15) is 22.8 Å². The molecule has 110 valence electrons. The van der Waals surface area contributed by atoms with Gasteiger partial charge in [-0.2, -0.15) is 13.2 Å². The third-order valence-corrected chi connectivity index (χ3v) is 1.91. The van der Waals surface area contributed by atoms with Crippen LogP contribution in [0.1, 0.15) is 0 Å². The molecule has 6 nitrogen and oxygen atoms in total. The number of methoxy groups -OCH3 is 1. The lowest BCUT2D eigenvalue weighted by molar-refractivity contribution is -0.159. The third-order valence-electron chi connectivity index (χ3n) is 1.91. The first-order valence-corrected chi connectivity index (χ1v) is 5.26. The lowest BCUT2D eigenvalue weighted by atomic mass is 10.3. The quantitative estimate of drug-likeness (QED) is 0.898. The Kier molecular flexibility index (Phi) is 5.18. The topological polar surface area (TPSA) is 76.7 Å². The van der Waals surface area contributed by atoms with E-state index < -0.39 is 25.0 Å². The van der Waals surface area contributed by atoms with Crippen molar-refractivity contribution in [3.05, 3.63) is 24.3 Å². The van der Waals surface area contributed by atoms with Crippen LogP contribution in [-0.2, 0) is 9.47 Å². The van der Waals surface area contributed by atoms with Gasteiger partial charge >= 0.3 is 18.4 Å². The van der Waals surface area contributed by atoms with E-state index in [0.29, 0.717) is 5.69 Å². The minimum Gasteiger partial charge on any atom is -0.453 e. The zero-order valence-corrected chi connectivity index (χ0v) is 10.3. The van der Waals surface area contributed by atoms with Gasteiger partial charge in [0.25, 0.3) is 0 Å². The lowest BCUT2D eigenvalue weighted by Gasteiger charge is -2.10. The summed E-state index contributed by atoms with van der Waals surface area (Å²) in [6, 6.07) is 5.72. The maximum Gasteiger partial charge on any atom is 0.422 e. The summed E-state index contributed by atoms with van der Waals surface area (Å²) in [5.41, 5.74) is 0.455. The van der Waals surface area contributed by atoms with Crippen molar-refractivity contribution in [2.24, 2.45) is 0 Å². The number of halogens is 3. The minimum atomic E-state index is -4.59. The van der Waals surface area contributed by atoms with Crippen LogP contribution in [0, 0.1) is 0 Å². The van der Waals surface area contributed by atoms with E-state index >= 15 is 0 Å². The predicted octanol–water partition coefficient (Wildman–Crippen LogP) is 2.98. The molecule has 2 N–H and O–H groups in total. The number of anilines is 2. The molecule has 2 amide bonds. The van der Waals surface area contributed by atoms with Gasteiger partial charge in [-0.3, -0.25) is 10.6 Å². The number of nitrogens with one attached hydrogen (secondary N) is 2. The van der Waals surface area contributed by atoms with Gasteiger partial charge in [-0.15, -0.1) is 0 Å². The van der Waals surface area contributed by atoms with Crippen LogP contribution in [0.5, 0.6) is 0 Å². The number of amides is 2. The number of carbonyl (C=O) groups is 2. The van der Waals surface area contributed by atoms with Crippen molar-refractivity contribution < 1.29 is 32.2 Å². The van der Waals surface area contributed by atoms with Crippen molar-refractivity contribution in [2.45, 2.75) is 6.18 Å². The van der Waals surface area contributed by atoms with Crippen molar-refractivity contribution >= 4 is 23.6 Å². The highest BCUT2D eigenvalue weighted by Gasteiger charge is 2.29. The summed E-state index contributed by atoms with van der Waals surface area (Å²) in [5.74, 6) is 0. The van der Waals surface area contributed by atoms with Crippen molar-refractivity contribution in [2.75, 3.05) is 24.4 Å². The minimum absolute atomic E-state index is 0.158. The zero-order valence-electron chi connectivity index (χ0n) is 10.3. The number of hydrogen-bond acceptors (Lipinski definition) is 4. The van der Waals surface area contributed by atoms with Crippen LogP contribution in [0.2, 0.25) is 0 Å². The summed E-state index contributed by atoms with van der Waals surface area (Å²) in [4.78, 5) is 22.1. The Labute approximate surface area is 111 Å². The fourth-order valence-corrected chi connectivity index (χ4v) is 1.14. The fraction of sp³-hybridized carbons (Fsp3) is 0.273. The van der Waals surface area contributed by atoms with Gasteiger partial charge in [0.05, 0.1) is 7.11 Å². The van der Waals surface area contributed by atoms with Crippen LogP contribution in [0.4, 0.5) is 34.1 Å². The molecule has 0 aliphatic carbocycles. The Balaban J connectivity index is 2.57. The van der Waals surface area contributed by atoms with Gasteiger partial charge in [-0.1, -0.05) is 6.07 Å². The first-order valence-electron chi connectivity index (χ1n) is 5.26. The summed E-state index contributed by atoms with van der Waals surface area (Å²) in [6.45, 7) is -1.68. The molecule has 0 aliphatic rings. The zero-order chi connectivity index (χ0) is 15.2. The summed E-state index contributed by atoms with van der Waals surface area (Å²) in [7, 11) is 1.17. The third kappa shape index (κ3) is 5.94. The highest BCUT2D eigenvalue weighted by Crippen LogP contribution is 2.17. The maximum absolute atomic E-state index is 11.8. The molecule has 0 aliphatic heterocycles. The Morgan fingerprint density at radius 3 is 2.20 bits per heavy atom. The van der Waals surface area contributed by atoms with Crippen LogP contribution < -0.4 is 10.6 Å². The highest BCUT2D eigenvalue weighted by atomic mass is 19.4. The van der Waals surface area contributed by atoms with E-state index in [-0.39, 0.29) is 5.69 Å². The molecule has 0 radical (unpaired) electrons. The van der Waals surface area contributed by atoms with Crippen molar-refractivity contribution in [3.63, 3.8) is 0 Å². The van der Waals surface area contributed by atoms with Gasteiger partial charge in [0, 0.05) is 11.4 Å². The largest absolute Gasteiger partial charge is 0.453 e. The molecular formula is C11H11F3N2O4. The average Bonchev–Trinajstić information content (AvgIpc) is 2.36. The number of rotatable bonds is 3. The second kappa shape index (κ2) is 6.64. The second-order valence-electron chi connectivity index (χ2n) is 3.51. The molecule has 0 heterocycles. The molecule has 1 aromatic rings. The van der Waals surface area contributed by atoms with Gasteiger partial charge in [-0.05, 0) is 18.2 Å². The maximum atomic E-state index is 11.8. The summed E-state index contributed by atoms with van der Waals surface area (Å²) < 4.78 is 43.8. The lowest BCUT2D eigenvalue weighted by Crippen LogP contribution is -2.23. The van der Waals surface area contributed by atoms with Crippen LogP contribution >= 0.6 is 0 Å². The average molecular weight is 292 g/mol. The SMILES string of the molecule is COC(=O)Nc1cccc(NC(=O)OCC(F)(F)F)c1. The molecule has 1 aromatic carbocycles. The van der Waals surface area contributed by atoms with Crippen LogP contribution in [-0.4, -0.2) is 32.1 Å². The predicted molar refractivity (Wildman–Crippen MR) is 63.5 cm³/mol. The monoisotopic (exact) mass is 292 g/mol. The summed E-state index contributed by atoms with van der Waals surface area (Å²) >= 11 is 0. The van der Waals surface area contributed by atoms with Crippen molar-refractivity contribution in [1.29, 1.82) is 0 Å². The molecule has 0 unspecified atom stereocenters. The molecular weight excluding hydrogens is 281 g/mol. The first-order chi connectivity index (χ1) is 9.30. The molecule has 0 bridgehead atoms. The van der Waals surface area contributed by atoms with Crippen LogP contribution in [0.3, 0.4) is 0 Å². The number of ether oxygens (including phenoxy) is 2. The number of hydrogen-bond donors (Lipinski definition) is 2. The van der Waals surface area contributed by atoms with E-state index in [0.717, 1.165) is 0 Å². The second-order valence-corrected chi connectivity index (χ2v) is 3.51. The molecule has 0 aromatic heterocycles. The summed E-state index contributed by atoms with van der Waals surface area (Å²) in [5, 5.41) is 4.42. The summed E-state index contributed by atoms with van der Waals surface area (Å²) in [6.07, 6.45) is -6.56.